The lowest BCUT2D eigenvalue weighted by molar-refractivity contribution is 0.105. The van der Waals surface area contributed by atoms with E-state index in [0.717, 1.165) is 13.2 Å². The molecule has 0 spiro atoms. The highest BCUT2D eigenvalue weighted by molar-refractivity contribution is 7.19. The summed E-state index contributed by atoms with van der Waals surface area (Å²) >= 11 is 1.89. The fourth-order valence-electron chi connectivity index (χ4n) is 2.69. The number of ether oxygens (including phenoxy) is 1. The molecule has 0 saturated carbocycles. The first-order chi connectivity index (χ1) is 9.24. The van der Waals surface area contributed by atoms with Gasteiger partial charge in [0.15, 0.2) is 0 Å². The lowest BCUT2D eigenvalue weighted by Crippen LogP contribution is -2.28. The second kappa shape index (κ2) is 5.61. The molecule has 0 bridgehead atoms. The molecule has 0 radical (unpaired) electrons. The van der Waals surface area contributed by atoms with E-state index in [9.17, 15) is 0 Å². The number of hydrogen-bond donors (Lipinski definition) is 1. The Bertz CT molecular complexity index is 517. The van der Waals surface area contributed by atoms with Crippen molar-refractivity contribution in [3.8, 4) is 0 Å². The largest absolute Gasteiger partial charge is 0.378 e. The molecule has 102 valence electrons. The first-order valence-corrected chi connectivity index (χ1v) is 7.89. The summed E-state index contributed by atoms with van der Waals surface area (Å²) in [5.74, 6) is 0.664. The molecule has 1 aromatic heterocycles. The Balaban J connectivity index is 1.64. The number of rotatable bonds is 4. The Morgan fingerprint density at radius 1 is 1.42 bits per heavy atom. The van der Waals surface area contributed by atoms with Crippen LogP contribution < -0.4 is 5.32 Å². The summed E-state index contributed by atoms with van der Waals surface area (Å²) in [6, 6.07) is 11.3. The molecule has 19 heavy (non-hydrogen) atoms. The van der Waals surface area contributed by atoms with E-state index >= 15 is 0 Å². The maximum atomic E-state index is 5.61. The Kier molecular flexibility index (Phi) is 3.87. The van der Waals surface area contributed by atoms with Gasteiger partial charge in [0.2, 0.25) is 0 Å². The molecule has 1 aromatic carbocycles. The van der Waals surface area contributed by atoms with Crippen molar-refractivity contribution < 1.29 is 4.74 Å². The molecular weight excluding hydrogens is 254 g/mol. The maximum absolute atomic E-state index is 5.61. The van der Waals surface area contributed by atoms with Gasteiger partial charge in [0.25, 0.3) is 0 Å². The van der Waals surface area contributed by atoms with Crippen LogP contribution in [-0.2, 0) is 4.74 Å². The average Bonchev–Trinajstić information content (AvgIpc) is 3.01. The molecule has 3 atom stereocenters. The summed E-state index contributed by atoms with van der Waals surface area (Å²) in [5.41, 5.74) is 0. The first kappa shape index (κ1) is 13.1. The van der Waals surface area contributed by atoms with Gasteiger partial charge in [-0.2, -0.15) is 0 Å². The second-order valence-electron chi connectivity index (χ2n) is 5.44. The number of thiophene rings is 1. The van der Waals surface area contributed by atoms with E-state index in [4.69, 9.17) is 4.74 Å². The van der Waals surface area contributed by atoms with Crippen LogP contribution in [0.15, 0.2) is 30.3 Å². The van der Waals surface area contributed by atoms with Crippen molar-refractivity contribution in [2.24, 2.45) is 5.92 Å². The van der Waals surface area contributed by atoms with Gasteiger partial charge in [-0.25, -0.2) is 0 Å². The smallest absolute Gasteiger partial charge is 0.0588 e. The minimum atomic E-state index is 0.405. The molecule has 1 N–H and O–H groups in total. The van der Waals surface area contributed by atoms with Crippen LogP contribution in [0.25, 0.3) is 10.1 Å². The summed E-state index contributed by atoms with van der Waals surface area (Å²) in [5, 5.41) is 5.02. The van der Waals surface area contributed by atoms with Gasteiger partial charge in [-0.1, -0.05) is 18.2 Å². The highest BCUT2D eigenvalue weighted by atomic mass is 32.1. The van der Waals surface area contributed by atoms with E-state index in [1.807, 2.05) is 11.3 Å². The first-order valence-electron chi connectivity index (χ1n) is 7.07. The molecular formula is C16H21NOS. The van der Waals surface area contributed by atoms with Crippen LogP contribution in [0.4, 0.5) is 0 Å². The molecule has 2 nitrogen and oxygen atoms in total. The predicted molar refractivity (Wildman–Crippen MR) is 81.8 cm³/mol. The quantitative estimate of drug-likeness (QED) is 0.911. The van der Waals surface area contributed by atoms with Crippen LogP contribution >= 0.6 is 11.3 Å². The number of nitrogens with one attached hydrogen (secondary N) is 1. The van der Waals surface area contributed by atoms with Crippen LogP contribution in [0.5, 0.6) is 0 Å². The standard InChI is InChI=1S/C16H21NOS/c1-11(17-10-14-7-8-18-12(14)2)16-9-13-5-3-4-6-15(13)19-16/h3-6,9,11-12,14,17H,7-8,10H2,1-2H3. The number of benzene rings is 1. The molecule has 3 heteroatoms. The minimum Gasteiger partial charge on any atom is -0.378 e. The molecule has 1 saturated heterocycles. The van der Waals surface area contributed by atoms with Crippen molar-refractivity contribution in [2.45, 2.75) is 32.4 Å². The second-order valence-corrected chi connectivity index (χ2v) is 6.56. The molecule has 2 heterocycles. The van der Waals surface area contributed by atoms with Gasteiger partial charge < -0.3 is 10.1 Å². The van der Waals surface area contributed by atoms with Gasteiger partial charge in [0.05, 0.1) is 6.10 Å². The van der Waals surface area contributed by atoms with Gasteiger partial charge >= 0.3 is 0 Å². The highest BCUT2D eigenvalue weighted by Crippen LogP contribution is 2.30. The van der Waals surface area contributed by atoms with Crippen molar-refractivity contribution in [2.75, 3.05) is 13.2 Å². The Hall–Kier alpha value is -0.900. The van der Waals surface area contributed by atoms with Gasteiger partial charge in [-0.15, -0.1) is 11.3 Å². The minimum absolute atomic E-state index is 0.405. The van der Waals surface area contributed by atoms with Gasteiger partial charge in [0, 0.05) is 28.8 Å². The lowest BCUT2D eigenvalue weighted by atomic mass is 10.0. The van der Waals surface area contributed by atoms with Crippen molar-refractivity contribution in [3.63, 3.8) is 0 Å². The zero-order valence-electron chi connectivity index (χ0n) is 11.6. The van der Waals surface area contributed by atoms with Gasteiger partial charge in [0.1, 0.15) is 0 Å². The molecule has 3 unspecified atom stereocenters. The Morgan fingerprint density at radius 2 is 2.26 bits per heavy atom. The summed E-state index contributed by atoms with van der Waals surface area (Å²) in [4.78, 5) is 1.42. The molecule has 2 aromatic rings. The van der Waals surface area contributed by atoms with Crippen LogP contribution in [-0.4, -0.2) is 19.3 Å². The topological polar surface area (TPSA) is 21.3 Å². The lowest BCUT2D eigenvalue weighted by Gasteiger charge is -2.18. The maximum Gasteiger partial charge on any atom is 0.0588 e. The van der Waals surface area contributed by atoms with Gasteiger partial charge in [-0.05, 0) is 43.7 Å². The fourth-order valence-corrected chi connectivity index (χ4v) is 3.78. The van der Waals surface area contributed by atoms with E-state index in [-0.39, 0.29) is 0 Å². The average molecular weight is 275 g/mol. The monoisotopic (exact) mass is 275 g/mol. The van der Waals surface area contributed by atoms with Crippen molar-refractivity contribution in [3.05, 3.63) is 35.2 Å². The highest BCUT2D eigenvalue weighted by Gasteiger charge is 2.24. The van der Waals surface area contributed by atoms with E-state index in [1.165, 1.54) is 21.4 Å². The van der Waals surface area contributed by atoms with E-state index in [0.29, 0.717) is 18.1 Å². The normalized spacial score (nSPS) is 24.9. The van der Waals surface area contributed by atoms with Crippen LogP contribution in [0.2, 0.25) is 0 Å². The molecule has 1 aliphatic heterocycles. The molecule has 0 aliphatic carbocycles. The van der Waals surface area contributed by atoms with E-state index in [1.54, 1.807) is 0 Å². The van der Waals surface area contributed by atoms with Gasteiger partial charge in [-0.3, -0.25) is 0 Å². The number of hydrogen-bond acceptors (Lipinski definition) is 3. The molecule has 0 amide bonds. The zero-order chi connectivity index (χ0) is 13.2. The zero-order valence-corrected chi connectivity index (χ0v) is 12.4. The van der Waals surface area contributed by atoms with E-state index < -0.39 is 0 Å². The van der Waals surface area contributed by atoms with Crippen LogP contribution in [0.3, 0.4) is 0 Å². The fraction of sp³-hybridized carbons (Fsp3) is 0.500. The van der Waals surface area contributed by atoms with Crippen LogP contribution in [0.1, 0.15) is 31.2 Å². The Labute approximate surface area is 118 Å². The SMILES string of the molecule is CC(NCC1CCOC1C)c1cc2ccccc2s1. The van der Waals surface area contributed by atoms with E-state index in [2.05, 4.69) is 49.5 Å². The summed E-state index contributed by atoms with van der Waals surface area (Å²) in [7, 11) is 0. The third kappa shape index (κ3) is 2.83. The third-order valence-electron chi connectivity index (χ3n) is 4.09. The van der Waals surface area contributed by atoms with Crippen molar-refractivity contribution in [1.29, 1.82) is 0 Å². The predicted octanol–water partition coefficient (Wildman–Crippen LogP) is 3.98. The molecule has 3 rings (SSSR count). The van der Waals surface area contributed by atoms with Crippen molar-refractivity contribution >= 4 is 21.4 Å². The van der Waals surface area contributed by atoms with Crippen molar-refractivity contribution in [1.82, 2.24) is 5.32 Å². The Morgan fingerprint density at radius 3 is 3.00 bits per heavy atom. The molecule has 1 fully saturated rings. The number of fused-ring (bicyclic) bond motifs is 1. The molecule has 1 aliphatic rings. The summed E-state index contributed by atoms with van der Waals surface area (Å²) < 4.78 is 6.99. The third-order valence-corrected chi connectivity index (χ3v) is 5.39. The summed E-state index contributed by atoms with van der Waals surface area (Å²) in [6.45, 7) is 6.41. The van der Waals surface area contributed by atoms with Crippen LogP contribution in [0, 0.1) is 5.92 Å². The summed E-state index contributed by atoms with van der Waals surface area (Å²) in [6.07, 6.45) is 1.59.